The largest absolute Gasteiger partial charge is 0.448 e. The van der Waals surface area contributed by atoms with Crippen molar-refractivity contribution in [1.82, 2.24) is 4.98 Å². The van der Waals surface area contributed by atoms with Crippen LogP contribution in [-0.4, -0.2) is 17.7 Å². The number of pyridine rings is 1. The maximum absolute atomic E-state index is 13.3. The lowest BCUT2D eigenvalue weighted by atomic mass is 9.98. The molecular weight excluding hydrogens is 396 g/mol. The second-order valence-electron chi connectivity index (χ2n) is 8.05. The number of nitrogens with zero attached hydrogens (tertiary/aromatic N) is 2. The van der Waals surface area contributed by atoms with E-state index >= 15 is 0 Å². The van der Waals surface area contributed by atoms with Crippen LogP contribution >= 0.6 is 0 Å². The van der Waals surface area contributed by atoms with Gasteiger partial charge in [-0.1, -0.05) is 66.7 Å². The van der Waals surface area contributed by atoms with Crippen molar-refractivity contribution < 1.29 is 9.53 Å². The van der Waals surface area contributed by atoms with Crippen LogP contribution in [0.4, 0.5) is 10.5 Å². The van der Waals surface area contributed by atoms with E-state index in [-0.39, 0.29) is 18.6 Å². The van der Waals surface area contributed by atoms with Gasteiger partial charge in [0.1, 0.15) is 6.61 Å². The molecule has 1 aromatic heterocycles. The smallest absolute Gasteiger partial charge is 0.414 e. The van der Waals surface area contributed by atoms with Crippen LogP contribution in [0.5, 0.6) is 0 Å². The van der Waals surface area contributed by atoms with Crippen LogP contribution in [-0.2, 0) is 11.3 Å². The number of aryl methyl sites for hydroxylation is 1. The van der Waals surface area contributed by atoms with Gasteiger partial charge in [0.25, 0.3) is 0 Å². The summed E-state index contributed by atoms with van der Waals surface area (Å²) >= 11 is 0. The van der Waals surface area contributed by atoms with Gasteiger partial charge in [-0.05, 0) is 59.0 Å². The zero-order valence-corrected chi connectivity index (χ0v) is 17.9. The summed E-state index contributed by atoms with van der Waals surface area (Å²) in [6.45, 7) is 2.65. The molecule has 0 fully saturated rings. The molecule has 0 atom stereocenters. The molecule has 0 saturated heterocycles. The summed E-state index contributed by atoms with van der Waals surface area (Å²) in [5.41, 5.74) is 7.53. The van der Waals surface area contributed by atoms with E-state index in [1.54, 1.807) is 11.1 Å². The summed E-state index contributed by atoms with van der Waals surface area (Å²) in [5.74, 6) is 0.0283. The molecule has 0 unspecified atom stereocenters. The topological polar surface area (TPSA) is 42.4 Å². The molecular formula is C28H24N2O2. The predicted molar refractivity (Wildman–Crippen MR) is 127 cm³/mol. The first-order valence-corrected chi connectivity index (χ1v) is 10.8. The van der Waals surface area contributed by atoms with Crippen LogP contribution in [0.3, 0.4) is 0 Å². The summed E-state index contributed by atoms with van der Waals surface area (Å²) in [6, 6.07) is 30.3. The number of carbonyl (C=O) groups is 1. The van der Waals surface area contributed by atoms with Crippen LogP contribution in [0.1, 0.15) is 28.3 Å². The minimum absolute atomic E-state index is 0.0283. The quantitative estimate of drug-likeness (QED) is 0.378. The maximum atomic E-state index is 13.3. The normalized spacial score (nSPS) is 12.2. The van der Waals surface area contributed by atoms with E-state index in [4.69, 9.17) is 4.74 Å². The summed E-state index contributed by atoms with van der Waals surface area (Å²) < 4.78 is 5.93. The summed E-state index contributed by atoms with van der Waals surface area (Å²) in [4.78, 5) is 19.4. The third kappa shape index (κ3) is 3.87. The zero-order valence-electron chi connectivity index (χ0n) is 17.9. The van der Waals surface area contributed by atoms with Crippen LogP contribution in [0.2, 0.25) is 0 Å². The minimum atomic E-state index is -0.372. The highest BCUT2D eigenvalue weighted by molar-refractivity contribution is 5.88. The summed E-state index contributed by atoms with van der Waals surface area (Å²) in [7, 11) is 0. The number of hydrogen-bond donors (Lipinski definition) is 0. The molecule has 158 valence electrons. The van der Waals surface area contributed by atoms with Crippen molar-refractivity contribution in [3.05, 3.63) is 120 Å². The van der Waals surface area contributed by atoms with Gasteiger partial charge in [0.2, 0.25) is 0 Å². The predicted octanol–water partition coefficient (Wildman–Crippen LogP) is 6.35. The fourth-order valence-corrected chi connectivity index (χ4v) is 4.38. The molecule has 1 amide bonds. The summed E-state index contributed by atoms with van der Waals surface area (Å²) in [6.07, 6.45) is 1.37. The van der Waals surface area contributed by atoms with Crippen LogP contribution in [0.25, 0.3) is 11.1 Å². The molecule has 0 saturated carbocycles. The Labute approximate surface area is 188 Å². The molecule has 0 aliphatic heterocycles. The van der Waals surface area contributed by atoms with E-state index in [1.807, 2.05) is 61.5 Å². The number of ether oxygens (including phenoxy) is 1. The molecule has 1 heterocycles. The highest BCUT2D eigenvalue weighted by atomic mass is 16.6. The van der Waals surface area contributed by atoms with Crippen LogP contribution in [0, 0.1) is 6.92 Å². The van der Waals surface area contributed by atoms with Gasteiger partial charge in [0.15, 0.2) is 0 Å². The SMILES string of the molecule is Cc1cccc(N(Cc2ccccn2)C(=O)OCC2c3ccccc3-c3ccccc32)c1. The van der Waals surface area contributed by atoms with Gasteiger partial charge in [0, 0.05) is 17.8 Å². The lowest BCUT2D eigenvalue weighted by Crippen LogP contribution is -2.32. The average Bonchev–Trinajstić information content (AvgIpc) is 3.15. The van der Waals surface area contributed by atoms with Crippen molar-refractivity contribution in [2.24, 2.45) is 0 Å². The van der Waals surface area contributed by atoms with Crippen molar-refractivity contribution in [2.45, 2.75) is 19.4 Å². The lowest BCUT2D eigenvalue weighted by Gasteiger charge is -2.24. The zero-order chi connectivity index (χ0) is 21.9. The molecule has 5 rings (SSSR count). The standard InChI is InChI=1S/C28H24N2O2/c1-20-9-8-11-22(17-20)30(18-21-10-6-7-16-29-21)28(31)32-19-27-25-14-4-2-12-23(25)24-13-3-5-15-26(24)27/h2-17,27H,18-19H2,1H3. The van der Waals surface area contributed by atoms with E-state index in [0.717, 1.165) is 16.9 Å². The number of anilines is 1. The molecule has 4 heteroatoms. The Morgan fingerprint density at radius 1 is 0.875 bits per heavy atom. The molecule has 1 aliphatic carbocycles. The van der Waals surface area contributed by atoms with Gasteiger partial charge in [-0.15, -0.1) is 0 Å². The molecule has 32 heavy (non-hydrogen) atoms. The Bertz CT molecular complexity index is 1210. The molecule has 3 aromatic carbocycles. The maximum Gasteiger partial charge on any atom is 0.414 e. The van der Waals surface area contributed by atoms with Gasteiger partial charge in [-0.3, -0.25) is 9.88 Å². The van der Waals surface area contributed by atoms with E-state index in [0.29, 0.717) is 6.54 Å². The van der Waals surface area contributed by atoms with Gasteiger partial charge in [-0.2, -0.15) is 0 Å². The Kier molecular flexibility index (Phi) is 5.42. The lowest BCUT2D eigenvalue weighted by molar-refractivity contribution is 0.150. The molecule has 0 radical (unpaired) electrons. The van der Waals surface area contributed by atoms with Gasteiger partial charge in [0.05, 0.1) is 12.2 Å². The van der Waals surface area contributed by atoms with Gasteiger partial charge < -0.3 is 4.74 Å². The summed E-state index contributed by atoms with van der Waals surface area (Å²) in [5, 5.41) is 0. The molecule has 4 nitrogen and oxygen atoms in total. The fourth-order valence-electron chi connectivity index (χ4n) is 4.38. The van der Waals surface area contributed by atoms with Crippen molar-refractivity contribution in [3.8, 4) is 11.1 Å². The third-order valence-corrected chi connectivity index (χ3v) is 5.92. The number of rotatable bonds is 5. The molecule has 1 aliphatic rings. The fraction of sp³-hybridized carbons (Fsp3) is 0.143. The second-order valence-corrected chi connectivity index (χ2v) is 8.05. The highest BCUT2D eigenvalue weighted by Gasteiger charge is 2.30. The van der Waals surface area contributed by atoms with E-state index in [1.165, 1.54) is 22.3 Å². The third-order valence-electron chi connectivity index (χ3n) is 5.92. The van der Waals surface area contributed by atoms with Crippen molar-refractivity contribution in [1.29, 1.82) is 0 Å². The Balaban J connectivity index is 1.40. The van der Waals surface area contributed by atoms with Gasteiger partial charge >= 0.3 is 6.09 Å². The average molecular weight is 421 g/mol. The Hall–Kier alpha value is -3.92. The Morgan fingerprint density at radius 2 is 1.56 bits per heavy atom. The van der Waals surface area contributed by atoms with Crippen LogP contribution < -0.4 is 4.90 Å². The first-order valence-electron chi connectivity index (χ1n) is 10.8. The van der Waals surface area contributed by atoms with Crippen molar-refractivity contribution in [2.75, 3.05) is 11.5 Å². The number of benzene rings is 3. The minimum Gasteiger partial charge on any atom is -0.448 e. The molecule has 0 N–H and O–H groups in total. The van der Waals surface area contributed by atoms with Gasteiger partial charge in [-0.25, -0.2) is 4.79 Å². The highest BCUT2D eigenvalue weighted by Crippen LogP contribution is 2.44. The van der Waals surface area contributed by atoms with Crippen LogP contribution in [0.15, 0.2) is 97.2 Å². The number of aromatic nitrogens is 1. The monoisotopic (exact) mass is 420 g/mol. The molecule has 0 bridgehead atoms. The van der Waals surface area contributed by atoms with Crippen molar-refractivity contribution >= 4 is 11.8 Å². The van der Waals surface area contributed by atoms with Crippen molar-refractivity contribution in [3.63, 3.8) is 0 Å². The van der Waals surface area contributed by atoms with E-state index < -0.39 is 0 Å². The number of carbonyl (C=O) groups excluding carboxylic acids is 1. The number of fused-ring (bicyclic) bond motifs is 3. The second kappa shape index (κ2) is 8.67. The van der Waals surface area contributed by atoms with E-state index in [9.17, 15) is 4.79 Å². The first-order chi connectivity index (χ1) is 15.7. The number of hydrogen-bond acceptors (Lipinski definition) is 3. The van der Waals surface area contributed by atoms with E-state index in [2.05, 4.69) is 41.4 Å². The first kappa shape index (κ1) is 20.0. The Morgan fingerprint density at radius 3 is 2.22 bits per heavy atom. The molecule has 0 spiro atoms. The number of amides is 1. The molecule has 4 aromatic rings.